The Kier molecular flexibility index (Phi) is 4.07. The summed E-state index contributed by atoms with van der Waals surface area (Å²) < 4.78 is 0. The second-order valence-electron chi connectivity index (χ2n) is 4.16. The molecule has 1 rings (SSSR count). The first-order valence-electron chi connectivity index (χ1n) is 5.03. The van der Waals surface area contributed by atoms with Crippen molar-refractivity contribution >= 4 is 17.2 Å². The van der Waals surface area contributed by atoms with Crippen molar-refractivity contribution in [1.82, 2.24) is 5.32 Å². The predicted octanol–water partition coefficient (Wildman–Crippen LogP) is 0.838. The van der Waals surface area contributed by atoms with Gasteiger partial charge in [0.1, 0.15) is 0 Å². The molecule has 4 nitrogen and oxygen atoms in total. The number of aliphatic hydroxyl groups excluding tert-OH is 2. The lowest BCUT2D eigenvalue weighted by atomic mass is 10.0. The number of carbonyl (C=O) groups is 1. The molecular weight excluding hydrogens is 226 g/mol. The molecule has 0 aromatic carbocycles. The second-order valence-corrected chi connectivity index (χ2v) is 5.62. The van der Waals surface area contributed by atoms with Crippen LogP contribution in [0.15, 0.2) is 6.07 Å². The Bertz CT molecular complexity index is 383. The van der Waals surface area contributed by atoms with Gasteiger partial charge in [-0.1, -0.05) is 0 Å². The fourth-order valence-corrected chi connectivity index (χ4v) is 2.25. The van der Waals surface area contributed by atoms with Crippen LogP contribution in [0.4, 0.5) is 0 Å². The predicted molar refractivity (Wildman–Crippen MR) is 63.8 cm³/mol. The lowest BCUT2D eigenvalue weighted by molar-refractivity contribution is 0.0723. The van der Waals surface area contributed by atoms with Gasteiger partial charge in [-0.2, -0.15) is 0 Å². The van der Waals surface area contributed by atoms with Gasteiger partial charge in [0.05, 0.1) is 24.3 Å². The van der Waals surface area contributed by atoms with Crippen LogP contribution >= 0.6 is 11.3 Å². The fourth-order valence-electron chi connectivity index (χ4n) is 1.33. The van der Waals surface area contributed by atoms with E-state index in [1.165, 1.54) is 0 Å². The van der Waals surface area contributed by atoms with Crippen LogP contribution in [-0.4, -0.2) is 34.9 Å². The lowest BCUT2D eigenvalue weighted by Crippen LogP contribution is -2.51. The Morgan fingerprint density at radius 2 is 2.00 bits per heavy atom. The third-order valence-electron chi connectivity index (χ3n) is 2.40. The average Bonchev–Trinajstić information content (AvgIpc) is 2.57. The molecule has 0 fully saturated rings. The average molecular weight is 243 g/mol. The molecule has 0 aliphatic heterocycles. The maximum Gasteiger partial charge on any atom is 0.252 e. The van der Waals surface area contributed by atoms with Gasteiger partial charge < -0.3 is 15.5 Å². The van der Waals surface area contributed by atoms with E-state index in [9.17, 15) is 4.79 Å². The summed E-state index contributed by atoms with van der Waals surface area (Å²) in [7, 11) is 0. The Balaban J connectivity index is 2.84. The first kappa shape index (κ1) is 13.2. The zero-order valence-corrected chi connectivity index (χ0v) is 10.5. The molecular formula is C11H17NO3S. The van der Waals surface area contributed by atoms with E-state index in [0.29, 0.717) is 5.56 Å². The third kappa shape index (κ3) is 2.81. The molecule has 0 unspecified atom stereocenters. The first-order chi connectivity index (χ1) is 7.41. The quantitative estimate of drug-likeness (QED) is 0.734. The molecule has 0 radical (unpaired) electrons. The lowest BCUT2D eigenvalue weighted by Gasteiger charge is -2.26. The minimum atomic E-state index is -0.973. The molecule has 0 atom stereocenters. The molecule has 0 aliphatic carbocycles. The van der Waals surface area contributed by atoms with Crippen molar-refractivity contribution in [1.29, 1.82) is 0 Å². The summed E-state index contributed by atoms with van der Waals surface area (Å²) in [5, 5.41) is 20.8. The Hall–Kier alpha value is -0.910. The number of aliphatic hydroxyl groups is 2. The third-order valence-corrected chi connectivity index (χ3v) is 3.36. The van der Waals surface area contributed by atoms with Gasteiger partial charge in [0.2, 0.25) is 0 Å². The molecule has 90 valence electrons. The van der Waals surface area contributed by atoms with E-state index < -0.39 is 5.54 Å². The van der Waals surface area contributed by atoms with E-state index in [1.54, 1.807) is 18.3 Å². The Morgan fingerprint density at radius 3 is 2.38 bits per heavy atom. The van der Waals surface area contributed by atoms with Crippen molar-refractivity contribution in [2.24, 2.45) is 0 Å². The summed E-state index contributed by atoms with van der Waals surface area (Å²) in [6.07, 6.45) is 0. The summed E-state index contributed by atoms with van der Waals surface area (Å²) in [4.78, 5) is 13.9. The number of aryl methyl sites for hydroxylation is 2. The molecule has 0 spiro atoms. The van der Waals surface area contributed by atoms with Crippen LogP contribution in [0.3, 0.4) is 0 Å². The summed E-state index contributed by atoms with van der Waals surface area (Å²) in [6.45, 7) is 4.82. The second kappa shape index (κ2) is 4.95. The molecule has 1 amide bonds. The van der Waals surface area contributed by atoms with E-state index in [4.69, 9.17) is 10.2 Å². The number of thiophene rings is 1. The van der Waals surface area contributed by atoms with Crippen molar-refractivity contribution in [3.63, 3.8) is 0 Å². The molecule has 0 saturated carbocycles. The Morgan fingerprint density at radius 1 is 1.44 bits per heavy atom. The minimum Gasteiger partial charge on any atom is -0.394 e. The number of nitrogens with one attached hydrogen (secondary N) is 1. The topological polar surface area (TPSA) is 69.6 Å². The summed E-state index contributed by atoms with van der Waals surface area (Å²) in [5.41, 5.74) is -0.366. The molecule has 16 heavy (non-hydrogen) atoms. The van der Waals surface area contributed by atoms with Gasteiger partial charge in [-0.05, 0) is 26.8 Å². The number of hydrogen-bond donors (Lipinski definition) is 3. The maximum absolute atomic E-state index is 11.9. The summed E-state index contributed by atoms with van der Waals surface area (Å²) in [6, 6.07) is 1.81. The standard InChI is InChI=1S/C11H17NO3S/c1-7-4-9(8(2)16-7)10(15)12-11(3,5-13)6-14/h4,13-14H,5-6H2,1-3H3,(H,12,15). The molecule has 0 saturated heterocycles. The van der Waals surface area contributed by atoms with Crippen molar-refractivity contribution in [2.75, 3.05) is 13.2 Å². The highest BCUT2D eigenvalue weighted by Crippen LogP contribution is 2.21. The Labute approximate surface area is 98.9 Å². The normalized spacial score (nSPS) is 11.6. The largest absolute Gasteiger partial charge is 0.394 e. The number of carbonyl (C=O) groups excluding carboxylic acids is 1. The smallest absolute Gasteiger partial charge is 0.252 e. The van der Waals surface area contributed by atoms with Crippen molar-refractivity contribution in [3.8, 4) is 0 Å². The monoisotopic (exact) mass is 243 g/mol. The molecule has 0 bridgehead atoms. The van der Waals surface area contributed by atoms with E-state index in [0.717, 1.165) is 9.75 Å². The molecule has 1 heterocycles. The van der Waals surface area contributed by atoms with E-state index in [-0.39, 0.29) is 19.1 Å². The van der Waals surface area contributed by atoms with Crippen LogP contribution in [0.1, 0.15) is 27.0 Å². The van der Waals surface area contributed by atoms with Crippen LogP contribution in [0.25, 0.3) is 0 Å². The SMILES string of the molecule is Cc1cc(C(=O)NC(C)(CO)CO)c(C)s1. The minimum absolute atomic E-state index is 0.257. The maximum atomic E-state index is 11.9. The molecule has 5 heteroatoms. The van der Waals surface area contributed by atoms with E-state index >= 15 is 0 Å². The van der Waals surface area contributed by atoms with Gasteiger partial charge in [0, 0.05) is 9.75 Å². The van der Waals surface area contributed by atoms with E-state index in [2.05, 4.69) is 5.32 Å². The number of amides is 1. The van der Waals surface area contributed by atoms with Gasteiger partial charge in [-0.25, -0.2) is 0 Å². The molecule has 0 aliphatic rings. The van der Waals surface area contributed by atoms with Crippen molar-refractivity contribution < 1.29 is 15.0 Å². The zero-order chi connectivity index (χ0) is 12.3. The number of rotatable bonds is 4. The van der Waals surface area contributed by atoms with Gasteiger partial charge in [-0.15, -0.1) is 11.3 Å². The van der Waals surface area contributed by atoms with Gasteiger partial charge in [0.25, 0.3) is 5.91 Å². The van der Waals surface area contributed by atoms with Crippen LogP contribution in [-0.2, 0) is 0 Å². The highest BCUT2D eigenvalue weighted by atomic mass is 32.1. The van der Waals surface area contributed by atoms with Gasteiger partial charge >= 0.3 is 0 Å². The highest BCUT2D eigenvalue weighted by Gasteiger charge is 2.26. The summed E-state index contributed by atoms with van der Waals surface area (Å²) in [5.74, 6) is -0.257. The highest BCUT2D eigenvalue weighted by molar-refractivity contribution is 7.12. The molecule has 3 N–H and O–H groups in total. The van der Waals surface area contributed by atoms with E-state index in [1.807, 2.05) is 19.9 Å². The van der Waals surface area contributed by atoms with Gasteiger partial charge in [0.15, 0.2) is 0 Å². The van der Waals surface area contributed by atoms with Crippen molar-refractivity contribution in [2.45, 2.75) is 26.3 Å². The summed E-state index contributed by atoms with van der Waals surface area (Å²) >= 11 is 1.55. The van der Waals surface area contributed by atoms with Crippen LogP contribution < -0.4 is 5.32 Å². The molecule has 1 aromatic rings. The zero-order valence-electron chi connectivity index (χ0n) is 9.70. The number of hydrogen-bond acceptors (Lipinski definition) is 4. The van der Waals surface area contributed by atoms with Crippen LogP contribution in [0.2, 0.25) is 0 Å². The van der Waals surface area contributed by atoms with Crippen LogP contribution in [0.5, 0.6) is 0 Å². The van der Waals surface area contributed by atoms with Gasteiger partial charge in [-0.3, -0.25) is 4.79 Å². The van der Waals surface area contributed by atoms with Crippen LogP contribution in [0, 0.1) is 13.8 Å². The molecule has 1 aromatic heterocycles. The fraction of sp³-hybridized carbons (Fsp3) is 0.545. The first-order valence-corrected chi connectivity index (χ1v) is 5.85. The van der Waals surface area contributed by atoms with Crippen molar-refractivity contribution in [3.05, 3.63) is 21.4 Å².